The SMILES string of the molecule is Cc1cc(Nc2nccn3c(-c4ccc(CCC#CCN)c(F)c4)cnc23)ccc1N1CCC(CN)CC1. The van der Waals surface area contributed by atoms with E-state index in [1.54, 1.807) is 18.5 Å². The molecule has 0 aliphatic carbocycles. The highest BCUT2D eigenvalue weighted by atomic mass is 19.1. The number of nitrogens with two attached hydrogens (primary N) is 2. The number of fused-ring (bicyclic) bond motifs is 1. The molecule has 8 heteroatoms. The Morgan fingerprint density at radius 2 is 1.92 bits per heavy atom. The monoisotopic (exact) mass is 511 g/mol. The lowest BCUT2D eigenvalue weighted by molar-refractivity contribution is 0.414. The number of imidazole rings is 1. The van der Waals surface area contributed by atoms with E-state index in [-0.39, 0.29) is 5.82 Å². The van der Waals surface area contributed by atoms with Crippen LogP contribution in [0.1, 0.15) is 30.4 Å². The van der Waals surface area contributed by atoms with Crippen LogP contribution in [0.5, 0.6) is 0 Å². The second-order valence-corrected chi connectivity index (χ2v) is 9.77. The summed E-state index contributed by atoms with van der Waals surface area (Å²) in [5, 5.41) is 3.43. The fraction of sp³-hybridized carbons (Fsp3) is 0.333. The smallest absolute Gasteiger partial charge is 0.180 e. The Morgan fingerprint density at radius 3 is 2.66 bits per heavy atom. The molecule has 7 nitrogen and oxygen atoms in total. The van der Waals surface area contributed by atoms with Gasteiger partial charge in [-0.3, -0.25) is 4.40 Å². The Labute approximate surface area is 223 Å². The third-order valence-electron chi connectivity index (χ3n) is 7.27. The zero-order valence-corrected chi connectivity index (χ0v) is 21.8. The number of piperidine rings is 1. The lowest BCUT2D eigenvalue weighted by Crippen LogP contribution is -2.36. The van der Waals surface area contributed by atoms with Crippen molar-refractivity contribution in [3.05, 3.63) is 71.9 Å². The molecule has 1 fully saturated rings. The first kappa shape index (κ1) is 25.7. The minimum atomic E-state index is -0.248. The number of anilines is 3. The number of hydrogen-bond acceptors (Lipinski definition) is 6. The molecule has 0 unspecified atom stereocenters. The number of hydrogen-bond donors (Lipinski definition) is 3. The third kappa shape index (κ3) is 5.49. The zero-order valence-electron chi connectivity index (χ0n) is 21.8. The van der Waals surface area contributed by atoms with E-state index >= 15 is 0 Å². The summed E-state index contributed by atoms with van der Waals surface area (Å²) in [5.74, 6) is 6.80. The van der Waals surface area contributed by atoms with Crippen LogP contribution in [0.3, 0.4) is 0 Å². The van der Waals surface area contributed by atoms with Crippen molar-refractivity contribution in [1.29, 1.82) is 0 Å². The van der Waals surface area contributed by atoms with Gasteiger partial charge in [0.2, 0.25) is 0 Å². The van der Waals surface area contributed by atoms with Gasteiger partial charge in [0.15, 0.2) is 11.5 Å². The summed E-state index contributed by atoms with van der Waals surface area (Å²) in [6, 6.07) is 11.7. The van der Waals surface area contributed by atoms with Crippen LogP contribution in [0, 0.1) is 30.5 Å². The molecule has 5 rings (SSSR count). The molecule has 1 aliphatic heterocycles. The van der Waals surface area contributed by atoms with Crippen molar-refractivity contribution in [2.75, 3.05) is 36.4 Å². The van der Waals surface area contributed by atoms with E-state index < -0.39 is 0 Å². The number of aromatic nitrogens is 3. The first-order valence-electron chi connectivity index (χ1n) is 13.2. The molecular weight excluding hydrogens is 477 g/mol. The second kappa shape index (κ2) is 11.6. The maximum Gasteiger partial charge on any atom is 0.180 e. The number of benzene rings is 2. The van der Waals surface area contributed by atoms with E-state index in [4.69, 9.17) is 11.5 Å². The highest BCUT2D eigenvalue weighted by Gasteiger charge is 2.20. The standard InChI is InChI=1S/C30H34FN7/c1-21-17-25(8-9-27(21)37-14-10-22(19-33)11-15-37)36-29-30-35-20-28(38(30)16-13-34-29)24-7-6-23(26(31)18-24)5-3-2-4-12-32/h6-9,13,16-18,20,22H,3,5,10-12,14-15,19,32-33H2,1H3,(H,34,36). The van der Waals surface area contributed by atoms with Gasteiger partial charge in [0, 0.05) is 48.8 Å². The molecule has 3 heterocycles. The van der Waals surface area contributed by atoms with Crippen molar-refractivity contribution in [1.82, 2.24) is 14.4 Å². The summed E-state index contributed by atoms with van der Waals surface area (Å²) in [5.41, 5.74) is 17.5. The van der Waals surface area contributed by atoms with Crippen LogP contribution in [0.15, 0.2) is 55.0 Å². The molecule has 1 saturated heterocycles. The molecule has 0 saturated carbocycles. The maximum atomic E-state index is 14.8. The fourth-order valence-electron chi connectivity index (χ4n) is 5.12. The zero-order chi connectivity index (χ0) is 26.5. The molecule has 0 amide bonds. The lowest BCUT2D eigenvalue weighted by atomic mass is 9.96. The first-order valence-corrected chi connectivity index (χ1v) is 13.2. The molecule has 5 N–H and O–H groups in total. The molecule has 0 atom stereocenters. The summed E-state index contributed by atoms with van der Waals surface area (Å²) in [4.78, 5) is 11.6. The Morgan fingerprint density at radius 1 is 1.08 bits per heavy atom. The molecule has 2 aromatic carbocycles. The van der Waals surface area contributed by atoms with Crippen LogP contribution >= 0.6 is 0 Å². The molecule has 1 aliphatic rings. The largest absolute Gasteiger partial charge is 0.371 e. The molecule has 196 valence electrons. The van der Waals surface area contributed by atoms with Crippen LogP contribution in [-0.2, 0) is 6.42 Å². The molecule has 0 spiro atoms. The van der Waals surface area contributed by atoms with Gasteiger partial charge in [0.05, 0.1) is 18.4 Å². The average Bonchev–Trinajstić information content (AvgIpc) is 3.37. The van der Waals surface area contributed by atoms with Crippen LogP contribution in [0.2, 0.25) is 0 Å². The molecular formula is C30H34FN7. The number of halogens is 1. The second-order valence-electron chi connectivity index (χ2n) is 9.77. The average molecular weight is 512 g/mol. The van der Waals surface area contributed by atoms with E-state index in [2.05, 4.69) is 57.1 Å². The highest BCUT2D eigenvalue weighted by Crippen LogP contribution is 2.30. The van der Waals surface area contributed by atoms with Gasteiger partial charge in [-0.2, -0.15) is 0 Å². The summed E-state index contributed by atoms with van der Waals surface area (Å²) in [6.07, 6.45) is 8.73. The van der Waals surface area contributed by atoms with E-state index in [9.17, 15) is 4.39 Å². The first-order chi connectivity index (χ1) is 18.6. The van der Waals surface area contributed by atoms with Crippen molar-refractivity contribution < 1.29 is 4.39 Å². The highest BCUT2D eigenvalue weighted by molar-refractivity contribution is 5.75. The van der Waals surface area contributed by atoms with Gasteiger partial charge in [0.1, 0.15) is 5.82 Å². The predicted octanol–water partition coefficient (Wildman–Crippen LogP) is 4.66. The van der Waals surface area contributed by atoms with Crippen LogP contribution in [-0.4, -0.2) is 40.5 Å². The summed E-state index contributed by atoms with van der Waals surface area (Å²) in [7, 11) is 0. The van der Waals surface area contributed by atoms with Gasteiger partial charge in [-0.05, 0) is 74.0 Å². The minimum absolute atomic E-state index is 0.248. The van der Waals surface area contributed by atoms with Gasteiger partial charge in [-0.25, -0.2) is 14.4 Å². The van der Waals surface area contributed by atoms with Gasteiger partial charge in [0.25, 0.3) is 0 Å². The number of nitrogens with one attached hydrogen (secondary N) is 1. The van der Waals surface area contributed by atoms with Crippen LogP contribution in [0.25, 0.3) is 16.9 Å². The topological polar surface area (TPSA) is 97.5 Å². The van der Waals surface area contributed by atoms with Gasteiger partial charge in [-0.15, -0.1) is 5.92 Å². The maximum absolute atomic E-state index is 14.8. The molecule has 0 bridgehead atoms. The number of rotatable bonds is 7. The molecule has 2 aromatic heterocycles. The predicted molar refractivity (Wildman–Crippen MR) is 152 cm³/mol. The van der Waals surface area contributed by atoms with Crippen molar-refractivity contribution in [2.45, 2.75) is 32.6 Å². The summed E-state index contributed by atoms with van der Waals surface area (Å²) >= 11 is 0. The normalized spacial score (nSPS) is 13.9. The Balaban J connectivity index is 1.34. The summed E-state index contributed by atoms with van der Waals surface area (Å²) < 4.78 is 16.8. The van der Waals surface area contributed by atoms with E-state index in [0.717, 1.165) is 49.4 Å². The fourth-order valence-corrected chi connectivity index (χ4v) is 5.12. The van der Waals surface area contributed by atoms with Gasteiger partial charge < -0.3 is 21.7 Å². The van der Waals surface area contributed by atoms with Gasteiger partial charge >= 0.3 is 0 Å². The van der Waals surface area contributed by atoms with E-state index in [1.807, 2.05) is 22.7 Å². The van der Waals surface area contributed by atoms with E-state index in [0.29, 0.717) is 42.3 Å². The van der Waals surface area contributed by atoms with Crippen molar-refractivity contribution in [2.24, 2.45) is 17.4 Å². The molecule has 38 heavy (non-hydrogen) atoms. The van der Waals surface area contributed by atoms with Crippen LogP contribution in [0.4, 0.5) is 21.6 Å². The summed E-state index contributed by atoms with van der Waals surface area (Å²) in [6.45, 7) is 5.31. The minimum Gasteiger partial charge on any atom is -0.371 e. The van der Waals surface area contributed by atoms with Crippen molar-refractivity contribution >= 4 is 22.8 Å². The number of nitrogens with zero attached hydrogens (tertiary/aromatic N) is 4. The Bertz CT molecular complexity index is 1480. The quantitative estimate of drug-likeness (QED) is 0.312. The van der Waals surface area contributed by atoms with Crippen molar-refractivity contribution in [3.63, 3.8) is 0 Å². The lowest BCUT2D eigenvalue weighted by Gasteiger charge is -2.34. The number of aryl methyl sites for hydroxylation is 2. The Kier molecular flexibility index (Phi) is 7.87. The molecule has 4 aromatic rings. The Hall–Kier alpha value is -3.93. The van der Waals surface area contributed by atoms with E-state index in [1.165, 1.54) is 11.3 Å². The van der Waals surface area contributed by atoms with Crippen molar-refractivity contribution in [3.8, 4) is 23.1 Å². The third-order valence-corrected chi connectivity index (χ3v) is 7.27. The van der Waals surface area contributed by atoms with Crippen LogP contribution < -0.4 is 21.7 Å². The molecule has 0 radical (unpaired) electrons. The van der Waals surface area contributed by atoms with Gasteiger partial charge in [-0.1, -0.05) is 18.1 Å².